The molecule has 1 aromatic carbocycles. The molecule has 1 unspecified atom stereocenters. The standard InChI is InChI=1S/C30H37F2N7O2/c1-5-18(2)39-17-30(3,4)41-27-22(31)13-21(14-24(27)39)26-23(32)16-35-29(37-26)36-25-7-6-20(15-34-25)12-19-8-10-38(11-9-19)28(33)40/h6-7,13-16,18-19H,5,8-12,17H2,1-4H3,(H2,33,40)(H,34,35,36,37). The van der Waals surface area contributed by atoms with E-state index in [0.717, 1.165) is 37.4 Å². The number of nitrogens with one attached hydrogen (secondary N) is 1. The van der Waals surface area contributed by atoms with Crippen molar-refractivity contribution in [2.75, 3.05) is 29.9 Å². The third kappa shape index (κ3) is 6.34. The number of likely N-dealkylation sites (tertiary alicyclic amines) is 1. The predicted octanol–water partition coefficient (Wildman–Crippen LogP) is 5.67. The number of nitrogens with zero attached hydrogens (tertiary/aromatic N) is 5. The highest BCUT2D eigenvalue weighted by molar-refractivity contribution is 5.73. The Morgan fingerprint density at radius 1 is 1.17 bits per heavy atom. The molecule has 2 amide bonds. The van der Waals surface area contributed by atoms with E-state index in [1.807, 2.05) is 26.0 Å². The molecule has 0 radical (unpaired) electrons. The molecule has 11 heteroatoms. The maximum atomic E-state index is 15.4. The Labute approximate surface area is 239 Å². The molecule has 1 saturated heterocycles. The SMILES string of the molecule is CCC(C)N1CC(C)(C)Oc2c(F)cc(-c3nc(Nc4ccc(CC5CCN(C(N)=O)CC5)cn4)ncc3F)cc21. The number of halogens is 2. The van der Waals surface area contributed by atoms with Crippen molar-refractivity contribution in [3.63, 3.8) is 0 Å². The molecule has 218 valence electrons. The van der Waals surface area contributed by atoms with Crippen LogP contribution in [0.2, 0.25) is 0 Å². The minimum Gasteiger partial charge on any atom is -0.481 e. The molecule has 2 aliphatic rings. The first-order valence-corrected chi connectivity index (χ1v) is 14.1. The molecule has 1 fully saturated rings. The fraction of sp³-hybridized carbons (Fsp3) is 0.467. The minimum absolute atomic E-state index is 0.0166. The van der Waals surface area contributed by atoms with Crippen LogP contribution in [-0.4, -0.2) is 57.2 Å². The van der Waals surface area contributed by atoms with Crippen LogP contribution in [0.4, 0.5) is 31.0 Å². The van der Waals surface area contributed by atoms with Gasteiger partial charge in [-0.3, -0.25) is 0 Å². The molecule has 3 aromatic rings. The number of carbonyl (C=O) groups excluding carboxylic acids is 1. The van der Waals surface area contributed by atoms with E-state index in [1.165, 1.54) is 6.07 Å². The number of fused-ring (bicyclic) bond motifs is 1. The van der Waals surface area contributed by atoms with Crippen LogP contribution < -0.4 is 20.7 Å². The molecule has 2 aromatic heterocycles. The van der Waals surface area contributed by atoms with Crippen molar-refractivity contribution in [3.8, 4) is 17.0 Å². The van der Waals surface area contributed by atoms with Gasteiger partial charge in [0, 0.05) is 30.9 Å². The van der Waals surface area contributed by atoms with Crippen molar-refractivity contribution in [3.05, 3.63) is 53.9 Å². The number of nitrogens with two attached hydrogens (primary N) is 1. The molecule has 1 atom stereocenters. The van der Waals surface area contributed by atoms with Crippen LogP contribution >= 0.6 is 0 Å². The van der Waals surface area contributed by atoms with Crippen LogP contribution in [-0.2, 0) is 6.42 Å². The van der Waals surface area contributed by atoms with Crippen molar-refractivity contribution >= 4 is 23.5 Å². The van der Waals surface area contributed by atoms with E-state index in [2.05, 4.69) is 39.0 Å². The molecule has 0 spiro atoms. The van der Waals surface area contributed by atoms with Gasteiger partial charge in [-0.1, -0.05) is 13.0 Å². The van der Waals surface area contributed by atoms with Gasteiger partial charge in [0.15, 0.2) is 17.4 Å². The van der Waals surface area contributed by atoms with Crippen LogP contribution in [0, 0.1) is 17.6 Å². The highest BCUT2D eigenvalue weighted by atomic mass is 19.1. The van der Waals surface area contributed by atoms with Crippen molar-refractivity contribution in [1.82, 2.24) is 19.9 Å². The van der Waals surface area contributed by atoms with Crippen molar-refractivity contribution < 1.29 is 18.3 Å². The van der Waals surface area contributed by atoms with Crippen LogP contribution in [0.1, 0.15) is 52.5 Å². The highest BCUT2D eigenvalue weighted by Crippen LogP contribution is 2.43. The summed E-state index contributed by atoms with van der Waals surface area (Å²) in [7, 11) is 0. The van der Waals surface area contributed by atoms with Crippen LogP contribution in [0.3, 0.4) is 0 Å². The monoisotopic (exact) mass is 565 g/mol. The summed E-state index contributed by atoms with van der Waals surface area (Å²) >= 11 is 0. The first-order chi connectivity index (χ1) is 19.5. The number of anilines is 3. The van der Waals surface area contributed by atoms with E-state index in [9.17, 15) is 9.18 Å². The summed E-state index contributed by atoms with van der Waals surface area (Å²) in [4.78, 5) is 28.1. The fourth-order valence-corrected chi connectivity index (χ4v) is 5.50. The van der Waals surface area contributed by atoms with E-state index in [4.69, 9.17) is 10.5 Å². The number of primary amides is 1. The quantitative estimate of drug-likeness (QED) is 0.380. The Balaban J connectivity index is 1.33. The summed E-state index contributed by atoms with van der Waals surface area (Å²) in [5.74, 6) is 0.0518. The average molecular weight is 566 g/mol. The lowest BCUT2D eigenvalue weighted by molar-refractivity contribution is 0.0960. The zero-order chi connectivity index (χ0) is 29.3. The molecule has 4 heterocycles. The van der Waals surface area contributed by atoms with Gasteiger partial charge in [-0.15, -0.1) is 0 Å². The van der Waals surface area contributed by atoms with Crippen LogP contribution in [0.25, 0.3) is 11.3 Å². The number of amides is 2. The number of hydrogen-bond donors (Lipinski definition) is 2. The highest BCUT2D eigenvalue weighted by Gasteiger charge is 2.36. The Morgan fingerprint density at radius 2 is 1.93 bits per heavy atom. The Morgan fingerprint density at radius 3 is 2.59 bits per heavy atom. The molecule has 0 aliphatic carbocycles. The largest absolute Gasteiger partial charge is 0.481 e. The van der Waals surface area contributed by atoms with Gasteiger partial charge >= 0.3 is 6.03 Å². The number of hydrogen-bond acceptors (Lipinski definition) is 7. The summed E-state index contributed by atoms with van der Waals surface area (Å²) < 4.78 is 36.3. The summed E-state index contributed by atoms with van der Waals surface area (Å²) in [6, 6.07) is 6.55. The second-order valence-electron chi connectivity index (χ2n) is 11.6. The first-order valence-electron chi connectivity index (χ1n) is 14.1. The van der Waals surface area contributed by atoms with E-state index < -0.39 is 17.2 Å². The molecule has 2 aliphatic heterocycles. The van der Waals surface area contributed by atoms with E-state index in [1.54, 1.807) is 17.2 Å². The number of pyridine rings is 1. The summed E-state index contributed by atoms with van der Waals surface area (Å²) in [6.45, 7) is 9.92. The smallest absolute Gasteiger partial charge is 0.314 e. The summed E-state index contributed by atoms with van der Waals surface area (Å²) in [5, 5.41) is 3.03. The molecule has 9 nitrogen and oxygen atoms in total. The lowest BCUT2D eigenvalue weighted by Gasteiger charge is -2.44. The topological polar surface area (TPSA) is 110 Å². The molecule has 41 heavy (non-hydrogen) atoms. The van der Waals surface area contributed by atoms with Gasteiger partial charge in [0.2, 0.25) is 5.95 Å². The van der Waals surface area contributed by atoms with Crippen molar-refractivity contribution in [2.45, 2.75) is 65.0 Å². The normalized spacial score (nSPS) is 17.5. The number of aromatic nitrogens is 3. The fourth-order valence-electron chi connectivity index (χ4n) is 5.50. The molecular formula is C30H37F2N7O2. The maximum absolute atomic E-state index is 15.4. The van der Waals surface area contributed by atoms with Crippen molar-refractivity contribution in [2.24, 2.45) is 11.7 Å². The molecule has 0 saturated carbocycles. The van der Waals surface area contributed by atoms with Gasteiger partial charge in [0.25, 0.3) is 0 Å². The zero-order valence-electron chi connectivity index (χ0n) is 24.0. The number of benzene rings is 1. The number of rotatable bonds is 7. The first kappa shape index (κ1) is 28.5. The lowest BCUT2D eigenvalue weighted by Crippen LogP contribution is -2.50. The second-order valence-corrected chi connectivity index (χ2v) is 11.6. The second kappa shape index (κ2) is 11.5. The number of carbonyl (C=O) groups is 1. The maximum Gasteiger partial charge on any atom is 0.314 e. The summed E-state index contributed by atoms with van der Waals surface area (Å²) in [5.41, 5.74) is 6.75. The number of urea groups is 1. The van der Waals surface area contributed by atoms with Gasteiger partial charge < -0.3 is 25.6 Å². The lowest BCUT2D eigenvalue weighted by atomic mass is 9.91. The third-order valence-corrected chi connectivity index (χ3v) is 7.92. The number of piperidine rings is 1. The predicted molar refractivity (Wildman–Crippen MR) is 154 cm³/mol. The van der Waals surface area contributed by atoms with Gasteiger partial charge in [-0.05, 0) is 76.1 Å². The van der Waals surface area contributed by atoms with Gasteiger partial charge in [-0.2, -0.15) is 0 Å². The van der Waals surface area contributed by atoms with Crippen LogP contribution in [0.5, 0.6) is 5.75 Å². The van der Waals surface area contributed by atoms with Gasteiger partial charge in [0.1, 0.15) is 17.1 Å². The van der Waals surface area contributed by atoms with Gasteiger partial charge in [0.05, 0.1) is 18.4 Å². The van der Waals surface area contributed by atoms with E-state index in [-0.39, 0.29) is 29.5 Å². The van der Waals surface area contributed by atoms with Crippen molar-refractivity contribution in [1.29, 1.82) is 0 Å². The molecule has 3 N–H and O–H groups in total. The molecule has 0 bridgehead atoms. The zero-order valence-corrected chi connectivity index (χ0v) is 24.0. The average Bonchev–Trinajstić information content (AvgIpc) is 2.94. The molecular weight excluding hydrogens is 528 g/mol. The van der Waals surface area contributed by atoms with Crippen LogP contribution in [0.15, 0.2) is 36.7 Å². The van der Waals surface area contributed by atoms with E-state index >= 15 is 4.39 Å². The third-order valence-electron chi connectivity index (χ3n) is 7.92. The minimum atomic E-state index is -0.660. The number of ether oxygens (including phenoxy) is 1. The molecule has 5 rings (SSSR count). The summed E-state index contributed by atoms with van der Waals surface area (Å²) in [6.07, 6.45) is 6.37. The van der Waals surface area contributed by atoms with Gasteiger partial charge in [-0.25, -0.2) is 28.5 Å². The van der Waals surface area contributed by atoms with E-state index in [0.29, 0.717) is 42.6 Å². The Kier molecular flexibility index (Phi) is 7.97. The Hall–Kier alpha value is -4.02. The Bertz CT molecular complexity index is 1410.